The van der Waals surface area contributed by atoms with Gasteiger partial charge in [-0.3, -0.25) is 10.1 Å². The van der Waals surface area contributed by atoms with Gasteiger partial charge in [0.15, 0.2) is 6.10 Å². The highest BCUT2D eigenvalue weighted by molar-refractivity contribution is 9.10. The number of methoxy groups -OCH3 is 1. The van der Waals surface area contributed by atoms with Gasteiger partial charge >= 0.3 is 6.09 Å². The van der Waals surface area contributed by atoms with Crippen molar-refractivity contribution in [2.45, 2.75) is 13.0 Å². The lowest BCUT2D eigenvalue weighted by molar-refractivity contribution is -0.122. The van der Waals surface area contributed by atoms with Gasteiger partial charge in [-0.1, -0.05) is 22.0 Å². The van der Waals surface area contributed by atoms with Crippen LogP contribution in [0.4, 0.5) is 16.2 Å². The summed E-state index contributed by atoms with van der Waals surface area (Å²) >= 11 is 3.35. The fourth-order valence-electron chi connectivity index (χ4n) is 2.06. The van der Waals surface area contributed by atoms with Crippen molar-refractivity contribution in [3.05, 3.63) is 53.0 Å². The maximum absolute atomic E-state index is 12.3. The van der Waals surface area contributed by atoms with E-state index in [2.05, 4.69) is 26.6 Å². The molecular formula is C19H21BrN2O5. The summed E-state index contributed by atoms with van der Waals surface area (Å²) in [6, 6.07) is 14.0. The van der Waals surface area contributed by atoms with Gasteiger partial charge in [-0.05, 0) is 49.4 Å². The standard InChI is InChI=1S/C19H21BrN2O5/c1-13(27-17-8-6-14(20)7-9-17)18(23)21-15-4-3-5-16(12-15)22-19(24)26-11-10-25-2/h3-9,12-13H,10-11H2,1-2H3,(H,21,23)(H,22,24). The predicted molar refractivity (Wildman–Crippen MR) is 106 cm³/mol. The molecule has 0 aliphatic rings. The van der Waals surface area contributed by atoms with E-state index in [0.29, 0.717) is 23.7 Å². The Morgan fingerprint density at radius 1 is 1.04 bits per heavy atom. The van der Waals surface area contributed by atoms with E-state index in [-0.39, 0.29) is 12.5 Å². The lowest BCUT2D eigenvalue weighted by Gasteiger charge is -2.15. The highest BCUT2D eigenvalue weighted by Gasteiger charge is 2.15. The molecule has 27 heavy (non-hydrogen) atoms. The summed E-state index contributed by atoms with van der Waals surface area (Å²) in [5.74, 6) is 0.285. The number of nitrogens with one attached hydrogen (secondary N) is 2. The third kappa shape index (κ3) is 7.28. The molecule has 7 nitrogen and oxygen atoms in total. The van der Waals surface area contributed by atoms with E-state index in [1.165, 1.54) is 7.11 Å². The van der Waals surface area contributed by atoms with E-state index in [9.17, 15) is 9.59 Å². The fourth-order valence-corrected chi connectivity index (χ4v) is 2.33. The molecular weight excluding hydrogens is 416 g/mol. The average molecular weight is 437 g/mol. The molecule has 0 aliphatic heterocycles. The van der Waals surface area contributed by atoms with Gasteiger partial charge in [0.25, 0.3) is 5.91 Å². The first-order chi connectivity index (χ1) is 13.0. The SMILES string of the molecule is COCCOC(=O)Nc1cccc(NC(=O)C(C)Oc2ccc(Br)cc2)c1. The minimum Gasteiger partial charge on any atom is -0.481 e. The van der Waals surface area contributed by atoms with Crippen molar-refractivity contribution >= 4 is 39.3 Å². The fraction of sp³-hybridized carbons (Fsp3) is 0.263. The van der Waals surface area contributed by atoms with E-state index < -0.39 is 12.2 Å². The Bertz CT molecular complexity index is 767. The monoisotopic (exact) mass is 436 g/mol. The highest BCUT2D eigenvalue weighted by atomic mass is 79.9. The molecule has 0 bridgehead atoms. The zero-order chi connectivity index (χ0) is 19.6. The van der Waals surface area contributed by atoms with Gasteiger partial charge in [-0.2, -0.15) is 0 Å². The number of rotatable bonds is 8. The summed E-state index contributed by atoms with van der Waals surface area (Å²) in [6.45, 7) is 2.14. The predicted octanol–water partition coefficient (Wildman–Crippen LogP) is 4.05. The van der Waals surface area contributed by atoms with Crippen molar-refractivity contribution in [1.29, 1.82) is 0 Å². The molecule has 0 aromatic heterocycles. The number of anilines is 2. The number of ether oxygens (including phenoxy) is 3. The van der Waals surface area contributed by atoms with Crippen LogP contribution in [0.25, 0.3) is 0 Å². The van der Waals surface area contributed by atoms with Crippen LogP contribution in [0.15, 0.2) is 53.0 Å². The molecule has 1 unspecified atom stereocenters. The van der Waals surface area contributed by atoms with E-state index in [1.54, 1.807) is 43.3 Å². The highest BCUT2D eigenvalue weighted by Crippen LogP contribution is 2.19. The second-order valence-corrected chi connectivity index (χ2v) is 6.45. The lowest BCUT2D eigenvalue weighted by Crippen LogP contribution is -2.30. The maximum Gasteiger partial charge on any atom is 0.411 e. The molecule has 1 atom stereocenters. The molecule has 2 N–H and O–H groups in total. The Morgan fingerprint density at radius 2 is 1.70 bits per heavy atom. The van der Waals surface area contributed by atoms with Crippen molar-refractivity contribution in [2.75, 3.05) is 31.0 Å². The molecule has 144 valence electrons. The number of carbonyl (C=O) groups excluding carboxylic acids is 2. The van der Waals surface area contributed by atoms with Gasteiger partial charge in [0, 0.05) is 23.0 Å². The van der Waals surface area contributed by atoms with Crippen LogP contribution < -0.4 is 15.4 Å². The summed E-state index contributed by atoms with van der Waals surface area (Å²) in [4.78, 5) is 24.0. The summed E-state index contributed by atoms with van der Waals surface area (Å²) in [5, 5.41) is 5.34. The van der Waals surface area contributed by atoms with E-state index in [0.717, 1.165) is 4.47 Å². The number of halogens is 1. The minimum atomic E-state index is -0.693. The van der Waals surface area contributed by atoms with Crippen LogP contribution in [0.5, 0.6) is 5.75 Å². The zero-order valence-corrected chi connectivity index (χ0v) is 16.6. The third-order valence-electron chi connectivity index (χ3n) is 3.39. The molecule has 0 spiro atoms. The molecule has 0 saturated heterocycles. The van der Waals surface area contributed by atoms with Crippen molar-refractivity contribution < 1.29 is 23.8 Å². The lowest BCUT2D eigenvalue weighted by atomic mass is 10.2. The Kier molecular flexibility index (Phi) is 8.09. The van der Waals surface area contributed by atoms with E-state index in [4.69, 9.17) is 14.2 Å². The number of hydrogen-bond acceptors (Lipinski definition) is 5. The van der Waals surface area contributed by atoms with Gasteiger partial charge < -0.3 is 19.5 Å². The summed E-state index contributed by atoms with van der Waals surface area (Å²) in [6.07, 6.45) is -1.29. The number of carbonyl (C=O) groups is 2. The number of benzene rings is 2. The second kappa shape index (κ2) is 10.5. The molecule has 2 aromatic carbocycles. The van der Waals surface area contributed by atoms with Gasteiger partial charge in [-0.25, -0.2) is 4.79 Å². The quantitative estimate of drug-likeness (QED) is 0.609. The minimum absolute atomic E-state index is 0.156. The molecule has 2 aromatic rings. The van der Waals surface area contributed by atoms with Crippen LogP contribution in [0, 0.1) is 0 Å². The maximum atomic E-state index is 12.3. The second-order valence-electron chi connectivity index (χ2n) is 5.54. The van der Waals surface area contributed by atoms with Crippen molar-refractivity contribution in [3.63, 3.8) is 0 Å². The Morgan fingerprint density at radius 3 is 2.37 bits per heavy atom. The van der Waals surface area contributed by atoms with Gasteiger partial charge in [0.1, 0.15) is 12.4 Å². The Labute approximate surface area is 166 Å². The van der Waals surface area contributed by atoms with Crippen LogP contribution in [-0.2, 0) is 14.3 Å². The van der Waals surface area contributed by atoms with Crippen LogP contribution in [-0.4, -0.2) is 38.4 Å². The average Bonchev–Trinajstić information content (AvgIpc) is 2.64. The first-order valence-electron chi connectivity index (χ1n) is 8.24. The summed E-state index contributed by atoms with van der Waals surface area (Å²) in [7, 11) is 1.52. The number of hydrogen-bond donors (Lipinski definition) is 2. The molecule has 8 heteroatoms. The van der Waals surface area contributed by atoms with Crippen LogP contribution in [0.2, 0.25) is 0 Å². The summed E-state index contributed by atoms with van der Waals surface area (Å²) in [5.41, 5.74) is 1.03. The zero-order valence-electron chi connectivity index (χ0n) is 15.0. The molecule has 0 aliphatic carbocycles. The van der Waals surface area contributed by atoms with Gasteiger partial charge in [0.05, 0.1) is 6.61 Å². The Balaban J connectivity index is 1.89. The van der Waals surface area contributed by atoms with Crippen LogP contribution in [0.1, 0.15) is 6.92 Å². The summed E-state index contributed by atoms with van der Waals surface area (Å²) < 4.78 is 16.3. The van der Waals surface area contributed by atoms with Crippen molar-refractivity contribution in [3.8, 4) is 5.75 Å². The van der Waals surface area contributed by atoms with Crippen LogP contribution >= 0.6 is 15.9 Å². The van der Waals surface area contributed by atoms with Crippen molar-refractivity contribution in [1.82, 2.24) is 0 Å². The smallest absolute Gasteiger partial charge is 0.411 e. The topological polar surface area (TPSA) is 85.9 Å². The molecule has 0 fully saturated rings. The number of amides is 2. The molecule has 0 saturated carbocycles. The van der Waals surface area contributed by atoms with Gasteiger partial charge in [0.2, 0.25) is 0 Å². The van der Waals surface area contributed by atoms with Crippen LogP contribution in [0.3, 0.4) is 0 Å². The third-order valence-corrected chi connectivity index (χ3v) is 3.92. The molecule has 2 amide bonds. The Hall–Kier alpha value is -2.58. The normalized spacial score (nSPS) is 11.4. The van der Waals surface area contributed by atoms with E-state index in [1.807, 2.05) is 12.1 Å². The molecule has 0 heterocycles. The largest absolute Gasteiger partial charge is 0.481 e. The van der Waals surface area contributed by atoms with E-state index >= 15 is 0 Å². The molecule has 2 rings (SSSR count). The van der Waals surface area contributed by atoms with Crippen molar-refractivity contribution in [2.24, 2.45) is 0 Å². The molecule has 0 radical (unpaired) electrons. The first kappa shape index (κ1) is 20.7. The first-order valence-corrected chi connectivity index (χ1v) is 9.03. The van der Waals surface area contributed by atoms with Gasteiger partial charge in [-0.15, -0.1) is 0 Å².